The van der Waals surface area contributed by atoms with Crippen molar-refractivity contribution in [3.05, 3.63) is 77.1 Å². The van der Waals surface area contributed by atoms with Crippen molar-refractivity contribution in [3.63, 3.8) is 0 Å². The van der Waals surface area contributed by atoms with Gasteiger partial charge in [0.15, 0.2) is 6.23 Å². The zero-order chi connectivity index (χ0) is 18.1. The molecule has 3 N–H and O–H groups in total. The summed E-state index contributed by atoms with van der Waals surface area (Å²) in [5.41, 5.74) is 6.35. The van der Waals surface area contributed by atoms with Crippen LogP contribution < -0.4 is 5.48 Å². The Hall–Kier alpha value is -2.01. The summed E-state index contributed by atoms with van der Waals surface area (Å²) in [6.45, 7) is 2.36. The molecule has 4 nitrogen and oxygen atoms in total. The SMILES string of the molecule is CC1(CCc2ccccc2)c2cnc(C(O)NO)cc2C2CCC=C[C@@H]21. The summed E-state index contributed by atoms with van der Waals surface area (Å²) in [6, 6.07) is 12.6. The first-order valence-electron chi connectivity index (χ1n) is 9.42. The van der Waals surface area contributed by atoms with Crippen molar-refractivity contribution >= 4 is 0 Å². The maximum Gasteiger partial charge on any atom is 0.169 e. The quantitative estimate of drug-likeness (QED) is 0.433. The van der Waals surface area contributed by atoms with Gasteiger partial charge < -0.3 is 10.3 Å². The zero-order valence-electron chi connectivity index (χ0n) is 15.1. The molecule has 3 unspecified atom stereocenters. The molecule has 4 heteroatoms. The molecule has 2 aromatic rings. The fourth-order valence-electron chi connectivity index (χ4n) is 4.85. The number of nitrogens with zero attached hydrogens (tertiary/aromatic N) is 1. The topological polar surface area (TPSA) is 65.4 Å². The summed E-state index contributed by atoms with van der Waals surface area (Å²) < 4.78 is 0. The van der Waals surface area contributed by atoms with Crippen LogP contribution in [0.1, 0.15) is 60.7 Å². The third-order valence-electron chi connectivity index (χ3n) is 6.31. The van der Waals surface area contributed by atoms with Crippen molar-refractivity contribution in [3.8, 4) is 0 Å². The number of hydroxylamine groups is 1. The van der Waals surface area contributed by atoms with Gasteiger partial charge in [-0.15, -0.1) is 0 Å². The van der Waals surface area contributed by atoms with Gasteiger partial charge in [0.1, 0.15) is 0 Å². The van der Waals surface area contributed by atoms with Crippen molar-refractivity contribution in [1.29, 1.82) is 0 Å². The standard InChI is InChI=1S/C22H26N2O2/c1-22(12-11-15-7-3-2-4-8-15)18-10-6-5-9-16(18)17-13-20(21(25)24-26)23-14-19(17)22/h2-4,6-8,10,13-14,16,18,21,24-26H,5,9,11-12H2,1H3/t16?,18-,21?,22?/m0/s1. The lowest BCUT2D eigenvalue weighted by molar-refractivity contribution is -0.00193. The highest BCUT2D eigenvalue weighted by Crippen LogP contribution is 2.56. The first-order valence-corrected chi connectivity index (χ1v) is 9.42. The second-order valence-corrected chi connectivity index (χ2v) is 7.77. The van der Waals surface area contributed by atoms with E-state index in [0.29, 0.717) is 17.5 Å². The molecule has 1 aromatic heterocycles. The third kappa shape index (κ3) is 2.88. The predicted molar refractivity (Wildman–Crippen MR) is 101 cm³/mol. The molecular formula is C22H26N2O2. The lowest BCUT2D eigenvalue weighted by Gasteiger charge is -2.35. The molecule has 0 amide bonds. The van der Waals surface area contributed by atoms with Gasteiger partial charge in [0.05, 0.1) is 5.69 Å². The molecule has 1 heterocycles. The smallest absolute Gasteiger partial charge is 0.169 e. The van der Waals surface area contributed by atoms with Gasteiger partial charge in [-0.1, -0.05) is 49.4 Å². The Kier molecular flexibility index (Phi) is 4.65. The van der Waals surface area contributed by atoms with E-state index in [2.05, 4.69) is 54.4 Å². The third-order valence-corrected chi connectivity index (χ3v) is 6.31. The van der Waals surface area contributed by atoms with Crippen LogP contribution in [0.5, 0.6) is 0 Å². The molecule has 0 fully saturated rings. The number of rotatable bonds is 5. The van der Waals surface area contributed by atoms with E-state index in [0.717, 1.165) is 25.7 Å². The number of aryl methyl sites for hydroxylation is 1. The molecule has 0 radical (unpaired) electrons. The van der Waals surface area contributed by atoms with E-state index in [4.69, 9.17) is 5.21 Å². The summed E-state index contributed by atoms with van der Waals surface area (Å²) in [5, 5.41) is 18.9. The van der Waals surface area contributed by atoms with Gasteiger partial charge in [-0.3, -0.25) is 4.98 Å². The minimum absolute atomic E-state index is 0.0376. The molecule has 0 spiro atoms. The lowest BCUT2D eigenvalue weighted by Crippen LogP contribution is -2.30. The van der Waals surface area contributed by atoms with Gasteiger partial charge in [-0.05, 0) is 60.3 Å². The summed E-state index contributed by atoms with van der Waals surface area (Å²) in [4.78, 5) is 4.43. The monoisotopic (exact) mass is 350 g/mol. The van der Waals surface area contributed by atoms with Crippen LogP contribution in [0.3, 0.4) is 0 Å². The lowest BCUT2D eigenvalue weighted by atomic mass is 9.69. The summed E-state index contributed by atoms with van der Waals surface area (Å²) >= 11 is 0. The maximum absolute atomic E-state index is 9.90. The highest BCUT2D eigenvalue weighted by Gasteiger charge is 2.48. The minimum atomic E-state index is -1.14. The zero-order valence-corrected chi connectivity index (χ0v) is 15.1. The number of aliphatic hydroxyl groups is 1. The van der Waals surface area contributed by atoms with E-state index in [1.807, 2.05) is 17.7 Å². The minimum Gasteiger partial charge on any atom is -0.371 e. The first-order chi connectivity index (χ1) is 12.6. The van der Waals surface area contributed by atoms with Crippen LogP contribution >= 0.6 is 0 Å². The van der Waals surface area contributed by atoms with Gasteiger partial charge in [0.2, 0.25) is 0 Å². The van der Waals surface area contributed by atoms with Gasteiger partial charge >= 0.3 is 0 Å². The van der Waals surface area contributed by atoms with Crippen LogP contribution in [-0.2, 0) is 11.8 Å². The predicted octanol–water partition coefficient (Wildman–Crippen LogP) is 4.01. The number of nitrogens with one attached hydrogen (secondary N) is 1. The van der Waals surface area contributed by atoms with E-state index >= 15 is 0 Å². The number of benzene rings is 1. The van der Waals surface area contributed by atoms with Crippen molar-refractivity contribution < 1.29 is 10.3 Å². The van der Waals surface area contributed by atoms with E-state index in [1.165, 1.54) is 16.7 Å². The molecule has 26 heavy (non-hydrogen) atoms. The van der Waals surface area contributed by atoms with Crippen LogP contribution in [-0.4, -0.2) is 15.3 Å². The van der Waals surface area contributed by atoms with Gasteiger partial charge in [0.25, 0.3) is 0 Å². The Labute approximate surface area is 154 Å². The average Bonchev–Trinajstić information content (AvgIpc) is 2.96. The van der Waals surface area contributed by atoms with E-state index in [1.54, 1.807) is 0 Å². The fourth-order valence-corrected chi connectivity index (χ4v) is 4.85. The van der Waals surface area contributed by atoms with Gasteiger partial charge in [-0.25, -0.2) is 0 Å². The van der Waals surface area contributed by atoms with Crippen molar-refractivity contribution in [2.45, 2.75) is 50.2 Å². The van der Waals surface area contributed by atoms with Crippen molar-refractivity contribution in [2.24, 2.45) is 5.92 Å². The van der Waals surface area contributed by atoms with Crippen LogP contribution in [0.4, 0.5) is 0 Å². The number of aromatic nitrogens is 1. The molecular weight excluding hydrogens is 324 g/mol. The Morgan fingerprint density at radius 2 is 2.12 bits per heavy atom. The normalized spacial score (nSPS) is 27.8. The second-order valence-electron chi connectivity index (χ2n) is 7.77. The highest BCUT2D eigenvalue weighted by atomic mass is 16.5. The molecule has 0 saturated carbocycles. The fraction of sp³-hybridized carbons (Fsp3) is 0.409. The molecule has 0 aliphatic heterocycles. The Morgan fingerprint density at radius 1 is 1.31 bits per heavy atom. The number of aliphatic hydroxyl groups excluding tert-OH is 1. The van der Waals surface area contributed by atoms with Crippen LogP contribution in [0, 0.1) is 5.92 Å². The number of hydrogen-bond donors (Lipinski definition) is 3. The van der Waals surface area contributed by atoms with Crippen LogP contribution in [0.15, 0.2) is 54.7 Å². The van der Waals surface area contributed by atoms with Crippen LogP contribution in [0.2, 0.25) is 0 Å². The summed E-state index contributed by atoms with van der Waals surface area (Å²) in [7, 11) is 0. The Morgan fingerprint density at radius 3 is 2.88 bits per heavy atom. The molecule has 4 atom stereocenters. The molecule has 2 aliphatic rings. The molecule has 4 rings (SSSR count). The Bertz CT molecular complexity index is 805. The average molecular weight is 350 g/mol. The molecule has 1 aromatic carbocycles. The number of fused-ring (bicyclic) bond motifs is 3. The van der Waals surface area contributed by atoms with Gasteiger partial charge in [0, 0.05) is 11.6 Å². The molecule has 0 saturated heterocycles. The van der Waals surface area contributed by atoms with E-state index in [-0.39, 0.29) is 5.41 Å². The number of pyridine rings is 1. The molecule has 136 valence electrons. The summed E-state index contributed by atoms with van der Waals surface area (Å²) in [5.74, 6) is 0.926. The summed E-state index contributed by atoms with van der Waals surface area (Å²) in [6.07, 6.45) is 9.80. The maximum atomic E-state index is 9.90. The highest BCUT2D eigenvalue weighted by molar-refractivity contribution is 5.46. The van der Waals surface area contributed by atoms with Crippen molar-refractivity contribution in [2.75, 3.05) is 0 Å². The molecule has 2 aliphatic carbocycles. The molecule has 0 bridgehead atoms. The number of allylic oxidation sites excluding steroid dienone is 2. The Balaban J connectivity index is 1.70. The largest absolute Gasteiger partial charge is 0.371 e. The van der Waals surface area contributed by atoms with Crippen molar-refractivity contribution in [1.82, 2.24) is 10.5 Å². The van der Waals surface area contributed by atoms with E-state index < -0.39 is 6.23 Å². The second kappa shape index (κ2) is 6.95. The van der Waals surface area contributed by atoms with Crippen LogP contribution in [0.25, 0.3) is 0 Å². The van der Waals surface area contributed by atoms with Gasteiger partial charge in [-0.2, -0.15) is 5.48 Å². The first kappa shape index (κ1) is 17.4. The van der Waals surface area contributed by atoms with E-state index in [9.17, 15) is 5.11 Å². The number of hydrogen-bond acceptors (Lipinski definition) is 4.